The van der Waals surface area contributed by atoms with Crippen LogP contribution in [0.25, 0.3) is 0 Å². The zero-order valence-electron chi connectivity index (χ0n) is 19.2. The van der Waals surface area contributed by atoms with Crippen LogP contribution in [0.2, 0.25) is 5.02 Å². The highest BCUT2D eigenvalue weighted by molar-refractivity contribution is 6.32. The normalized spacial score (nSPS) is 10.5. The summed E-state index contributed by atoms with van der Waals surface area (Å²) in [6.45, 7) is -0.279. The molecule has 0 aromatic heterocycles. The third-order valence-electron chi connectivity index (χ3n) is 4.61. The van der Waals surface area contributed by atoms with E-state index in [4.69, 9.17) is 35.3 Å². The van der Waals surface area contributed by atoms with Gasteiger partial charge in [-0.15, -0.1) is 0 Å². The Hall–Kier alpha value is -4.24. The van der Waals surface area contributed by atoms with E-state index in [2.05, 4.69) is 10.5 Å². The van der Waals surface area contributed by atoms with Crippen LogP contribution in [0.4, 0.5) is 0 Å². The molecule has 0 aliphatic heterocycles. The molecule has 3 aromatic carbocycles. The van der Waals surface area contributed by atoms with Gasteiger partial charge in [0.2, 0.25) is 5.75 Å². The Labute approximate surface area is 207 Å². The Morgan fingerprint density at radius 2 is 1.51 bits per heavy atom. The number of nitrogens with zero attached hydrogens (tertiary/aromatic N) is 1. The number of esters is 1. The maximum absolute atomic E-state index is 12.8. The molecule has 0 aliphatic rings. The van der Waals surface area contributed by atoms with Gasteiger partial charge in [-0.25, -0.2) is 10.2 Å². The predicted molar refractivity (Wildman–Crippen MR) is 130 cm³/mol. The van der Waals surface area contributed by atoms with Crippen LogP contribution < -0.4 is 29.1 Å². The van der Waals surface area contributed by atoms with Gasteiger partial charge in [0, 0.05) is 5.56 Å². The minimum absolute atomic E-state index is 0.191. The number of halogens is 1. The van der Waals surface area contributed by atoms with Crippen molar-refractivity contribution in [2.45, 2.75) is 0 Å². The topological polar surface area (TPSA) is 105 Å². The maximum Gasteiger partial charge on any atom is 0.343 e. The Morgan fingerprint density at radius 3 is 2.14 bits per heavy atom. The summed E-state index contributed by atoms with van der Waals surface area (Å²) in [5.41, 5.74) is 3.00. The summed E-state index contributed by atoms with van der Waals surface area (Å²) in [5.74, 6) is 0.461. The number of ether oxygens (including phenoxy) is 5. The van der Waals surface area contributed by atoms with E-state index in [1.807, 2.05) is 0 Å². The molecule has 0 radical (unpaired) electrons. The molecule has 0 fully saturated rings. The van der Waals surface area contributed by atoms with E-state index >= 15 is 0 Å². The van der Waals surface area contributed by atoms with Gasteiger partial charge in [0.1, 0.15) is 11.5 Å². The van der Waals surface area contributed by atoms with Gasteiger partial charge in [0.05, 0.1) is 38.1 Å². The fourth-order valence-corrected chi connectivity index (χ4v) is 3.14. The van der Waals surface area contributed by atoms with Gasteiger partial charge in [-0.3, -0.25) is 4.79 Å². The van der Waals surface area contributed by atoms with Crippen molar-refractivity contribution in [1.82, 2.24) is 5.43 Å². The monoisotopic (exact) mass is 498 g/mol. The summed E-state index contributed by atoms with van der Waals surface area (Å²) < 4.78 is 26.7. The molecule has 0 atom stereocenters. The molecule has 182 valence electrons. The van der Waals surface area contributed by atoms with Crippen LogP contribution in [-0.4, -0.2) is 46.0 Å². The summed E-state index contributed by atoms with van der Waals surface area (Å²) in [6, 6.07) is 16.5. The standard InChI is InChI=1S/C25H23ClN2O7/c1-31-21-12-17(13-22(32-2)24(21)33-3)25(30)35-19-10-6-4-8-16(19)14-27-28-23(29)15-34-20-11-7-5-9-18(20)26/h4-14H,15H2,1-3H3,(H,28,29)/b27-14-. The van der Waals surface area contributed by atoms with Crippen LogP contribution in [0.3, 0.4) is 0 Å². The number of methoxy groups -OCH3 is 3. The van der Waals surface area contributed by atoms with Crippen molar-refractivity contribution in [1.29, 1.82) is 0 Å². The van der Waals surface area contributed by atoms with Crippen LogP contribution in [-0.2, 0) is 4.79 Å². The molecular formula is C25H23ClN2O7. The molecule has 1 N–H and O–H groups in total. The van der Waals surface area contributed by atoms with Crippen LogP contribution in [0.5, 0.6) is 28.7 Å². The Morgan fingerprint density at radius 1 is 0.886 bits per heavy atom. The SMILES string of the molecule is COc1cc(C(=O)Oc2ccccc2/C=N\NC(=O)COc2ccccc2Cl)cc(OC)c1OC. The number of benzene rings is 3. The maximum atomic E-state index is 12.8. The number of amides is 1. The summed E-state index contributed by atoms with van der Waals surface area (Å²) in [6.07, 6.45) is 1.35. The first-order chi connectivity index (χ1) is 17.0. The van der Waals surface area contributed by atoms with Gasteiger partial charge in [0.15, 0.2) is 18.1 Å². The Balaban J connectivity index is 1.67. The first kappa shape index (κ1) is 25.4. The molecule has 3 aromatic rings. The van der Waals surface area contributed by atoms with Crippen LogP contribution in [0.15, 0.2) is 65.8 Å². The first-order valence-corrected chi connectivity index (χ1v) is 10.6. The number of carbonyl (C=O) groups is 2. The zero-order valence-corrected chi connectivity index (χ0v) is 20.0. The number of hydrazone groups is 1. The Kier molecular flexibility index (Phi) is 8.91. The molecule has 0 saturated carbocycles. The molecule has 0 unspecified atom stereocenters. The summed E-state index contributed by atoms with van der Waals surface area (Å²) in [7, 11) is 4.37. The van der Waals surface area contributed by atoms with E-state index in [1.165, 1.54) is 39.7 Å². The summed E-state index contributed by atoms with van der Waals surface area (Å²) in [5, 5.41) is 4.30. The lowest BCUT2D eigenvalue weighted by Gasteiger charge is -2.14. The highest BCUT2D eigenvalue weighted by Gasteiger charge is 2.19. The lowest BCUT2D eigenvalue weighted by molar-refractivity contribution is -0.123. The number of hydrogen-bond acceptors (Lipinski definition) is 8. The van der Waals surface area contributed by atoms with Gasteiger partial charge < -0.3 is 23.7 Å². The van der Waals surface area contributed by atoms with Gasteiger partial charge in [-0.2, -0.15) is 5.10 Å². The van der Waals surface area contributed by atoms with Crippen molar-refractivity contribution in [2.24, 2.45) is 5.10 Å². The fourth-order valence-electron chi connectivity index (χ4n) is 2.95. The minimum atomic E-state index is -0.651. The molecular weight excluding hydrogens is 476 g/mol. The highest BCUT2D eigenvalue weighted by Crippen LogP contribution is 2.38. The zero-order chi connectivity index (χ0) is 25.2. The second kappa shape index (κ2) is 12.3. The van der Waals surface area contributed by atoms with E-state index in [1.54, 1.807) is 48.5 Å². The van der Waals surface area contributed by atoms with E-state index in [0.717, 1.165) is 0 Å². The lowest BCUT2D eigenvalue weighted by Crippen LogP contribution is -2.24. The molecule has 35 heavy (non-hydrogen) atoms. The van der Waals surface area contributed by atoms with E-state index in [9.17, 15) is 9.59 Å². The molecule has 1 amide bonds. The van der Waals surface area contributed by atoms with Crippen molar-refractivity contribution in [3.05, 3.63) is 76.8 Å². The summed E-state index contributed by atoms with van der Waals surface area (Å²) in [4.78, 5) is 24.8. The quantitative estimate of drug-likeness (QED) is 0.194. The lowest BCUT2D eigenvalue weighted by atomic mass is 10.1. The third kappa shape index (κ3) is 6.64. The van der Waals surface area contributed by atoms with Gasteiger partial charge in [-0.05, 0) is 36.4 Å². The van der Waals surface area contributed by atoms with Crippen LogP contribution in [0.1, 0.15) is 15.9 Å². The van der Waals surface area contributed by atoms with Gasteiger partial charge >= 0.3 is 5.97 Å². The Bertz CT molecular complexity index is 1200. The highest BCUT2D eigenvalue weighted by atomic mass is 35.5. The van der Waals surface area contributed by atoms with Crippen molar-refractivity contribution in [2.75, 3.05) is 27.9 Å². The average molecular weight is 499 g/mol. The summed E-state index contributed by atoms with van der Waals surface area (Å²) >= 11 is 6.00. The average Bonchev–Trinajstić information content (AvgIpc) is 2.88. The molecule has 9 nitrogen and oxygen atoms in total. The molecule has 0 aliphatic carbocycles. The number of carbonyl (C=O) groups excluding carboxylic acids is 2. The van der Waals surface area contributed by atoms with Crippen molar-refractivity contribution in [3.8, 4) is 28.7 Å². The predicted octanol–water partition coefficient (Wildman–Crippen LogP) is 4.11. The fraction of sp³-hybridized carbons (Fsp3) is 0.160. The molecule has 10 heteroatoms. The molecule has 0 bridgehead atoms. The first-order valence-electron chi connectivity index (χ1n) is 10.3. The molecule has 0 heterocycles. The minimum Gasteiger partial charge on any atom is -0.493 e. The number of nitrogens with one attached hydrogen (secondary N) is 1. The van der Waals surface area contributed by atoms with Crippen LogP contribution in [0, 0.1) is 0 Å². The van der Waals surface area contributed by atoms with E-state index in [-0.39, 0.29) is 17.9 Å². The van der Waals surface area contributed by atoms with Gasteiger partial charge in [-0.1, -0.05) is 35.9 Å². The van der Waals surface area contributed by atoms with Gasteiger partial charge in [0.25, 0.3) is 5.91 Å². The smallest absolute Gasteiger partial charge is 0.343 e. The third-order valence-corrected chi connectivity index (χ3v) is 4.92. The largest absolute Gasteiger partial charge is 0.493 e. The van der Waals surface area contributed by atoms with Crippen molar-refractivity contribution >= 4 is 29.7 Å². The molecule has 3 rings (SSSR count). The van der Waals surface area contributed by atoms with E-state index in [0.29, 0.717) is 33.6 Å². The number of rotatable bonds is 10. The molecule has 0 spiro atoms. The van der Waals surface area contributed by atoms with Crippen molar-refractivity contribution < 1.29 is 33.3 Å². The second-order valence-corrected chi connectivity index (χ2v) is 7.26. The second-order valence-electron chi connectivity index (χ2n) is 6.85. The number of hydrogen-bond donors (Lipinski definition) is 1. The molecule has 0 saturated heterocycles. The number of para-hydroxylation sites is 2. The van der Waals surface area contributed by atoms with Crippen molar-refractivity contribution in [3.63, 3.8) is 0 Å². The van der Waals surface area contributed by atoms with Crippen LogP contribution >= 0.6 is 11.6 Å². The van der Waals surface area contributed by atoms with E-state index < -0.39 is 11.9 Å².